The van der Waals surface area contributed by atoms with Crippen LogP contribution in [0.5, 0.6) is 0 Å². The van der Waals surface area contributed by atoms with E-state index in [0.29, 0.717) is 28.6 Å². The molecule has 2 N–H and O–H groups in total. The molecule has 1 aliphatic carbocycles. The van der Waals surface area contributed by atoms with Crippen molar-refractivity contribution in [2.75, 3.05) is 5.32 Å². The van der Waals surface area contributed by atoms with Crippen molar-refractivity contribution in [1.82, 2.24) is 0 Å². The summed E-state index contributed by atoms with van der Waals surface area (Å²) in [4.78, 5) is 23.6. The van der Waals surface area contributed by atoms with Crippen molar-refractivity contribution < 1.29 is 14.7 Å². The minimum Gasteiger partial charge on any atom is -0.481 e. The maximum Gasteiger partial charge on any atom is 0.307 e. The van der Waals surface area contributed by atoms with Gasteiger partial charge in [0.15, 0.2) is 0 Å². The van der Waals surface area contributed by atoms with Gasteiger partial charge < -0.3 is 10.4 Å². The van der Waals surface area contributed by atoms with Crippen LogP contribution in [0, 0.1) is 18.8 Å². The van der Waals surface area contributed by atoms with Crippen molar-refractivity contribution in [1.29, 1.82) is 0 Å². The normalized spacial score (nSPS) is 21.1. The molecule has 1 aromatic carbocycles. The predicted molar refractivity (Wildman–Crippen MR) is 82.8 cm³/mol. The molecule has 0 saturated heterocycles. The molecule has 6 heteroatoms. The molecule has 0 saturated carbocycles. The number of carbonyl (C=O) groups excluding carboxylic acids is 1. The Bertz CT molecular complexity index is 613. The molecule has 0 heterocycles. The van der Waals surface area contributed by atoms with Crippen molar-refractivity contribution >= 4 is 40.8 Å². The third kappa shape index (κ3) is 3.39. The molecule has 2 atom stereocenters. The van der Waals surface area contributed by atoms with Crippen LogP contribution in [0.15, 0.2) is 24.3 Å². The Morgan fingerprint density at radius 3 is 2.43 bits per heavy atom. The molecule has 4 nitrogen and oxygen atoms in total. The van der Waals surface area contributed by atoms with E-state index in [1.807, 2.05) is 6.08 Å². The predicted octanol–water partition coefficient (Wildman–Crippen LogP) is 3.91. The van der Waals surface area contributed by atoms with Gasteiger partial charge >= 0.3 is 5.97 Å². The Morgan fingerprint density at radius 2 is 1.81 bits per heavy atom. The number of rotatable bonds is 3. The van der Waals surface area contributed by atoms with Gasteiger partial charge in [-0.15, -0.1) is 0 Å². The fourth-order valence-corrected chi connectivity index (χ4v) is 2.83. The van der Waals surface area contributed by atoms with Crippen molar-refractivity contribution in [3.05, 3.63) is 39.9 Å². The molecule has 0 aromatic heterocycles. The van der Waals surface area contributed by atoms with E-state index < -0.39 is 17.8 Å². The van der Waals surface area contributed by atoms with Gasteiger partial charge in [0.25, 0.3) is 0 Å². The number of hydrogen-bond donors (Lipinski definition) is 2. The average Bonchev–Trinajstić information content (AvgIpc) is 2.47. The van der Waals surface area contributed by atoms with Crippen molar-refractivity contribution in [2.24, 2.45) is 11.8 Å². The number of carboxylic acid groups (broad SMARTS) is 1. The lowest BCUT2D eigenvalue weighted by Crippen LogP contribution is -2.34. The Kier molecular flexibility index (Phi) is 4.91. The number of aliphatic carboxylic acids is 1. The first-order valence-electron chi connectivity index (χ1n) is 6.55. The molecule has 0 fully saturated rings. The number of amides is 1. The zero-order valence-corrected chi connectivity index (χ0v) is 12.9. The molecule has 1 aliphatic rings. The summed E-state index contributed by atoms with van der Waals surface area (Å²) in [6.45, 7) is 1.80. The highest BCUT2D eigenvalue weighted by Crippen LogP contribution is 2.34. The maximum absolute atomic E-state index is 12.4. The number of benzene rings is 1. The van der Waals surface area contributed by atoms with E-state index >= 15 is 0 Å². The molecule has 112 valence electrons. The van der Waals surface area contributed by atoms with Crippen LogP contribution in [-0.4, -0.2) is 17.0 Å². The van der Waals surface area contributed by atoms with E-state index in [-0.39, 0.29) is 5.91 Å². The number of anilines is 1. The molecule has 0 aliphatic heterocycles. The minimum absolute atomic E-state index is 0.331. The molecule has 0 radical (unpaired) electrons. The summed E-state index contributed by atoms with van der Waals surface area (Å²) in [5, 5.41) is 12.6. The minimum atomic E-state index is -0.971. The molecule has 2 unspecified atom stereocenters. The standard InChI is InChI=1S/C15H15Cl2NO3/c1-8-6-7-11(16)13(12(8)17)18-14(19)9-4-2-3-5-10(9)15(20)21/h2-3,6-7,9-10H,4-5H2,1H3,(H,18,19)(H,20,21). The molecule has 0 bridgehead atoms. The van der Waals surface area contributed by atoms with Crippen LogP contribution in [0.25, 0.3) is 0 Å². The molecule has 21 heavy (non-hydrogen) atoms. The van der Waals surface area contributed by atoms with Gasteiger partial charge in [-0.25, -0.2) is 0 Å². The first-order chi connectivity index (χ1) is 9.91. The van der Waals surface area contributed by atoms with Crippen LogP contribution in [0.1, 0.15) is 18.4 Å². The third-order valence-electron chi connectivity index (χ3n) is 3.62. The highest BCUT2D eigenvalue weighted by atomic mass is 35.5. The largest absolute Gasteiger partial charge is 0.481 e. The van der Waals surface area contributed by atoms with Crippen LogP contribution in [0.3, 0.4) is 0 Å². The van der Waals surface area contributed by atoms with E-state index in [1.54, 1.807) is 25.1 Å². The monoisotopic (exact) mass is 327 g/mol. The first kappa shape index (κ1) is 15.9. The molecule has 0 spiro atoms. The summed E-state index contributed by atoms with van der Waals surface area (Å²) < 4.78 is 0. The number of aryl methyl sites for hydroxylation is 1. The summed E-state index contributed by atoms with van der Waals surface area (Å²) in [5.74, 6) is -2.69. The quantitative estimate of drug-likeness (QED) is 0.827. The Labute approximate surface area is 132 Å². The van der Waals surface area contributed by atoms with Gasteiger partial charge in [-0.1, -0.05) is 41.4 Å². The molecule has 1 amide bonds. The third-order valence-corrected chi connectivity index (χ3v) is 4.42. The van der Waals surface area contributed by atoms with Gasteiger partial charge in [0.1, 0.15) is 0 Å². The highest BCUT2D eigenvalue weighted by Gasteiger charge is 2.34. The van der Waals surface area contributed by atoms with E-state index in [0.717, 1.165) is 5.56 Å². The Hall–Kier alpha value is -1.52. The molecule has 2 rings (SSSR count). The first-order valence-corrected chi connectivity index (χ1v) is 7.30. The maximum atomic E-state index is 12.4. The summed E-state index contributed by atoms with van der Waals surface area (Å²) in [5.41, 5.74) is 1.12. The van der Waals surface area contributed by atoms with Gasteiger partial charge in [-0.05, 0) is 31.4 Å². The number of carbonyl (C=O) groups is 2. The lowest BCUT2D eigenvalue weighted by molar-refractivity contribution is -0.146. The zero-order valence-electron chi connectivity index (χ0n) is 11.4. The Morgan fingerprint density at radius 1 is 1.19 bits per heavy atom. The second-order valence-electron chi connectivity index (χ2n) is 5.04. The van der Waals surface area contributed by atoms with Gasteiger partial charge in [-0.2, -0.15) is 0 Å². The van der Waals surface area contributed by atoms with Crippen molar-refractivity contribution in [2.45, 2.75) is 19.8 Å². The lowest BCUT2D eigenvalue weighted by atomic mass is 9.82. The van der Waals surface area contributed by atoms with Gasteiger partial charge in [0, 0.05) is 0 Å². The van der Waals surface area contributed by atoms with Gasteiger partial charge in [0.2, 0.25) is 5.91 Å². The number of carboxylic acids is 1. The summed E-state index contributed by atoms with van der Waals surface area (Å²) in [6, 6.07) is 3.40. The van der Waals surface area contributed by atoms with Crippen molar-refractivity contribution in [3.63, 3.8) is 0 Å². The number of halogens is 2. The lowest BCUT2D eigenvalue weighted by Gasteiger charge is -2.24. The smallest absolute Gasteiger partial charge is 0.307 e. The molecule has 1 aromatic rings. The zero-order chi connectivity index (χ0) is 15.6. The summed E-state index contributed by atoms with van der Waals surface area (Å²) >= 11 is 12.2. The fraction of sp³-hybridized carbons (Fsp3) is 0.333. The summed E-state index contributed by atoms with van der Waals surface area (Å²) in [6.07, 6.45) is 4.35. The van der Waals surface area contributed by atoms with E-state index in [4.69, 9.17) is 23.2 Å². The van der Waals surface area contributed by atoms with Crippen LogP contribution in [0.2, 0.25) is 10.0 Å². The number of hydrogen-bond acceptors (Lipinski definition) is 2. The molecular weight excluding hydrogens is 313 g/mol. The second kappa shape index (κ2) is 6.50. The Balaban J connectivity index is 2.24. The van der Waals surface area contributed by atoms with Crippen LogP contribution >= 0.6 is 23.2 Å². The SMILES string of the molecule is Cc1ccc(Cl)c(NC(=O)C2CC=CCC2C(=O)O)c1Cl. The number of allylic oxidation sites excluding steroid dienone is 2. The highest BCUT2D eigenvalue weighted by molar-refractivity contribution is 6.40. The van der Waals surface area contributed by atoms with E-state index in [9.17, 15) is 14.7 Å². The van der Waals surface area contributed by atoms with Gasteiger partial charge in [-0.3, -0.25) is 9.59 Å². The number of nitrogens with one attached hydrogen (secondary N) is 1. The second-order valence-corrected chi connectivity index (χ2v) is 5.82. The summed E-state index contributed by atoms with van der Waals surface area (Å²) in [7, 11) is 0. The van der Waals surface area contributed by atoms with Crippen LogP contribution < -0.4 is 5.32 Å². The molecular formula is C15H15Cl2NO3. The van der Waals surface area contributed by atoms with E-state index in [1.165, 1.54) is 0 Å². The average molecular weight is 328 g/mol. The fourth-order valence-electron chi connectivity index (χ4n) is 2.36. The van der Waals surface area contributed by atoms with E-state index in [2.05, 4.69) is 5.32 Å². The topological polar surface area (TPSA) is 66.4 Å². The van der Waals surface area contributed by atoms with Gasteiger partial charge in [0.05, 0.1) is 27.6 Å². The van der Waals surface area contributed by atoms with Crippen LogP contribution in [-0.2, 0) is 9.59 Å². The van der Waals surface area contributed by atoms with Crippen LogP contribution in [0.4, 0.5) is 5.69 Å². The van der Waals surface area contributed by atoms with Crippen molar-refractivity contribution in [3.8, 4) is 0 Å².